The molecule has 114 valence electrons. The van der Waals surface area contributed by atoms with Gasteiger partial charge in [-0.05, 0) is 36.2 Å². The minimum atomic E-state index is 0.137. The van der Waals surface area contributed by atoms with Crippen LogP contribution in [-0.4, -0.2) is 19.0 Å². The molecule has 0 aliphatic carbocycles. The van der Waals surface area contributed by atoms with Gasteiger partial charge in [0.25, 0.3) is 0 Å². The molecule has 0 saturated heterocycles. The number of amides is 1. The first-order chi connectivity index (χ1) is 10.6. The number of para-hydroxylation sites is 1. The molecule has 0 bridgehead atoms. The Morgan fingerprint density at radius 3 is 2.77 bits per heavy atom. The fourth-order valence-electron chi connectivity index (χ4n) is 2.65. The standard InChI is InChI=1S/C17H16Cl2N2O/c18-14-6-5-13(11-15(14)19)20-9-7-17(22)21-10-8-12-3-1-2-4-16(12)21/h1-6,11,20H,7-10H2. The van der Waals surface area contributed by atoms with E-state index in [2.05, 4.69) is 11.4 Å². The zero-order chi connectivity index (χ0) is 15.5. The second kappa shape index (κ2) is 6.59. The number of anilines is 2. The van der Waals surface area contributed by atoms with Gasteiger partial charge in [-0.2, -0.15) is 0 Å². The van der Waals surface area contributed by atoms with Gasteiger partial charge in [0.2, 0.25) is 5.91 Å². The number of carbonyl (C=O) groups excluding carboxylic acids is 1. The van der Waals surface area contributed by atoms with Crippen LogP contribution in [-0.2, 0) is 11.2 Å². The number of nitrogens with one attached hydrogen (secondary N) is 1. The maximum Gasteiger partial charge on any atom is 0.228 e. The number of fused-ring (bicyclic) bond motifs is 1. The molecule has 1 aliphatic heterocycles. The van der Waals surface area contributed by atoms with Crippen molar-refractivity contribution in [1.29, 1.82) is 0 Å². The lowest BCUT2D eigenvalue weighted by atomic mass is 10.2. The molecule has 0 unspecified atom stereocenters. The van der Waals surface area contributed by atoms with Gasteiger partial charge in [-0.15, -0.1) is 0 Å². The molecule has 1 aliphatic rings. The molecule has 3 rings (SSSR count). The van der Waals surface area contributed by atoms with Gasteiger partial charge in [-0.1, -0.05) is 41.4 Å². The highest BCUT2D eigenvalue weighted by molar-refractivity contribution is 6.42. The van der Waals surface area contributed by atoms with Gasteiger partial charge in [0.05, 0.1) is 10.0 Å². The highest BCUT2D eigenvalue weighted by Gasteiger charge is 2.23. The summed E-state index contributed by atoms with van der Waals surface area (Å²) in [4.78, 5) is 14.2. The molecule has 1 N–H and O–H groups in total. The third kappa shape index (κ3) is 3.21. The monoisotopic (exact) mass is 334 g/mol. The highest BCUT2D eigenvalue weighted by Crippen LogP contribution is 2.28. The second-order valence-corrected chi connectivity index (χ2v) is 6.04. The Labute approximate surface area is 139 Å². The van der Waals surface area contributed by atoms with E-state index in [-0.39, 0.29) is 5.91 Å². The number of nitrogens with zero attached hydrogens (tertiary/aromatic N) is 1. The van der Waals surface area contributed by atoms with E-state index < -0.39 is 0 Å². The summed E-state index contributed by atoms with van der Waals surface area (Å²) >= 11 is 11.8. The van der Waals surface area contributed by atoms with Crippen molar-refractivity contribution >= 4 is 40.5 Å². The Hall–Kier alpha value is -1.71. The van der Waals surface area contributed by atoms with E-state index in [1.165, 1.54) is 5.56 Å². The van der Waals surface area contributed by atoms with Crippen LogP contribution in [0.5, 0.6) is 0 Å². The summed E-state index contributed by atoms with van der Waals surface area (Å²) in [7, 11) is 0. The van der Waals surface area contributed by atoms with E-state index in [0.717, 1.165) is 24.3 Å². The van der Waals surface area contributed by atoms with Crippen molar-refractivity contribution in [2.75, 3.05) is 23.3 Å². The molecular weight excluding hydrogens is 319 g/mol. The Morgan fingerprint density at radius 2 is 1.95 bits per heavy atom. The largest absolute Gasteiger partial charge is 0.384 e. The number of rotatable bonds is 4. The molecule has 0 atom stereocenters. The lowest BCUT2D eigenvalue weighted by Crippen LogP contribution is -2.30. The average molecular weight is 335 g/mol. The van der Waals surface area contributed by atoms with Crippen LogP contribution in [0.2, 0.25) is 10.0 Å². The number of carbonyl (C=O) groups is 1. The van der Waals surface area contributed by atoms with Crippen LogP contribution in [0.15, 0.2) is 42.5 Å². The number of halogens is 2. The fourth-order valence-corrected chi connectivity index (χ4v) is 2.95. The van der Waals surface area contributed by atoms with E-state index in [4.69, 9.17) is 23.2 Å². The number of hydrogen-bond donors (Lipinski definition) is 1. The minimum absolute atomic E-state index is 0.137. The summed E-state index contributed by atoms with van der Waals surface area (Å²) in [6, 6.07) is 13.4. The van der Waals surface area contributed by atoms with Crippen molar-refractivity contribution in [2.24, 2.45) is 0 Å². The predicted octanol–water partition coefficient (Wildman–Crippen LogP) is 4.38. The maximum absolute atomic E-state index is 12.4. The molecule has 0 aromatic heterocycles. The van der Waals surface area contributed by atoms with Crippen LogP contribution in [0.1, 0.15) is 12.0 Å². The van der Waals surface area contributed by atoms with E-state index in [9.17, 15) is 4.79 Å². The van der Waals surface area contributed by atoms with E-state index in [1.807, 2.05) is 29.2 Å². The molecule has 0 radical (unpaired) electrons. The number of hydrogen-bond acceptors (Lipinski definition) is 2. The Balaban J connectivity index is 1.56. The van der Waals surface area contributed by atoms with Crippen LogP contribution in [0, 0.1) is 0 Å². The van der Waals surface area contributed by atoms with Gasteiger partial charge in [0, 0.05) is 30.9 Å². The summed E-state index contributed by atoms with van der Waals surface area (Å²) in [5.41, 5.74) is 3.15. The lowest BCUT2D eigenvalue weighted by Gasteiger charge is -2.17. The first-order valence-corrected chi connectivity index (χ1v) is 7.98. The molecule has 2 aromatic carbocycles. The summed E-state index contributed by atoms with van der Waals surface area (Å²) in [6.45, 7) is 1.33. The summed E-state index contributed by atoms with van der Waals surface area (Å²) in [6.07, 6.45) is 1.37. The van der Waals surface area contributed by atoms with Crippen molar-refractivity contribution in [1.82, 2.24) is 0 Å². The predicted molar refractivity (Wildman–Crippen MR) is 92.1 cm³/mol. The minimum Gasteiger partial charge on any atom is -0.384 e. The lowest BCUT2D eigenvalue weighted by molar-refractivity contribution is -0.118. The van der Waals surface area contributed by atoms with Crippen molar-refractivity contribution in [3.05, 3.63) is 58.1 Å². The molecule has 5 heteroatoms. The molecule has 1 heterocycles. The quantitative estimate of drug-likeness (QED) is 0.899. The van der Waals surface area contributed by atoms with Crippen LogP contribution in [0.3, 0.4) is 0 Å². The van der Waals surface area contributed by atoms with E-state index in [1.54, 1.807) is 12.1 Å². The van der Waals surface area contributed by atoms with E-state index >= 15 is 0 Å². The Morgan fingerprint density at radius 1 is 1.14 bits per heavy atom. The topological polar surface area (TPSA) is 32.3 Å². The molecule has 0 saturated carbocycles. The maximum atomic E-state index is 12.4. The van der Waals surface area contributed by atoms with E-state index in [0.29, 0.717) is 23.0 Å². The average Bonchev–Trinajstić information content (AvgIpc) is 2.95. The first-order valence-electron chi connectivity index (χ1n) is 7.22. The molecule has 2 aromatic rings. The van der Waals surface area contributed by atoms with Crippen LogP contribution < -0.4 is 10.2 Å². The van der Waals surface area contributed by atoms with Gasteiger partial charge in [-0.3, -0.25) is 4.79 Å². The second-order valence-electron chi connectivity index (χ2n) is 5.23. The van der Waals surface area contributed by atoms with Crippen molar-refractivity contribution in [3.8, 4) is 0 Å². The smallest absolute Gasteiger partial charge is 0.228 e. The molecule has 1 amide bonds. The summed E-state index contributed by atoms with van der Waals surface area (Å²) < 4.78 is 0. The van der Waals surface area contributed by atoms with Crippen molar-refractivity contribution in [2.45, 2.75) is 12.8 Å². The fraction of sp³-hybridized carbons (Fsp3) is 0.235. The van der Waals surface area contributed by atoms with Gasteiger partial charge >= 0.3 is 0 Å². The molecule has 3 nitrogen and oxygen atoms in total. The first kappa shape index (κ1) is 15.2. The van der Waals surface area contributed by atoms with Crippen LogP contribution >= 0.6 is 23.2 Å². The summed E-state index contributed by atoms with van der Waals surface area (Å²) in [5.74, 6) is 0.137. The third-order valence-corrected chi connectivity index (χ3v) is 4.51. The molecule has 22 heavy (non-hydrogen) atoms. The van der Waals surface area contributed by atoms with Gasteiger partial charge in [0.1, 0.15) is 0 Å². The van der Waals surface area contributed by atoms with Crippen LogP contribution in [0.4, 0.5) is 11.4 Å². The van der Waals surface area contributed by atoms with Gasteiger partial charge in [0.15, 0.2) is 0 Å². The van der Waals surface area contributed by atoms with Crippen molar-refractivity contribution < 1.29 is 4.79 Å². The third-order valence-electron chi connectivity index (χ3n) is 3.78. The Kier molecular flexibility index (Phi) is 4.55. The van der Waals surface area contributed by atoms with Crippen molar-refractivity contribution in [3.63, 3.8) is 0 Å². The molecular formula is C17H16Cl2N2O. The SMILES string of the molecule is O=C(CCNc1ccc(Cl)c(Cl)c1)N1CCc2ccccc21. The highest BCUT2D eigenvalue weighted by atomic mass is 35.5. The normalized spacial score (nSPS) is 13.1. The molecule has 0 spiro atoms. The molecule has 0 fully saturated rings. The Bertz CT molecular complexity index is 703. The zero-order valence-electron chi connectivity index (χ0n) is 12.0. The van der Waals surface area contributed by atoms with Gasteiger partial charge < -0.3 is 10.2 Å². The van der Waals surface area contributed by atoms with Gasteiger partial charge in [-0.25, -0.2) is 0 Å². The summed E-state index contributed by atoms with van der Waals surface area (Å²) in [5, 5.41) is 4.23. The van der Waals surface area contributed by atoms with Crippen LogP contribution in [0.25, 0.3) is 0 Å². The zero-order valence-corrected chi connectivity index (χ0v) is 13.5. The number of benzene rings is 2.